The number of carbonyl (C=O) groups excluding carboxylic acids is 2. The van der Waals surface area contributed by atoms with E-state index in [-0.39, 0.29) is 16.9 Å². The normalized spacial score (nSPS) is 9.81. The molecule has 5 nitrogen and oxygen atoms in total. The first-order chi connectivity index (χ1) is 10.1. The summed E-state index contributed by atoms with van der Waals surface area (Å²) >= 11 is 5.03. The molecule has 0 unspecified atom stereocenters. The van der Waals surface area contributed by atoms with Crippen molar-refractivity contribution in [3.8, 4) is 0 Å². The minimum atomic E-state index is -0.152. The molecule has 114 valence electrons. The number of benzene rings is 1. The number of rotatable bonds is 6. The van der Waals surface area contributed by atoms with E-state index >= 15 is 0 Å². The molecule has 3 N–H and O–H groups in total. The standard InChI is InChI=1S/C15H21N3O2S/c1-3-5-9-16-14(20)11-7-6-8-12(10-11)17-15(21)18-13(19)4-2/h6-8,10H,3-5,9H2,1-2H3,(H,16,20)(H2,17,18,19,21). The number of anilines is 1. The molecule has 6 heteroatoms. The maximum atomic E-state index is 11.9. The Hall–Kier alpha value is -1.95. The number of thiocarbonyl (C=S) groups is 1. The SMILES string of the molecule is CCCCNC(=O)c1cccc(NC(=S)NC(=O)CC)c1. The number of hydrogen-bond acceptors (Lipinski definition) is 3. The van der Waals surface area contributed by atoms with Crippen molar-refractivity contribution in [3.63, 3.8) is 0 Å². The van der Waals surface area contributed by atoms with Crippen LogP contribution in [0.15, 0.2) is 24.3 Å². The molecule has 1 aromatic carbocycles. The zero-order chi connectivity index (χ0) is 15.7. The van der Waals surface area contributed by atoms with Gasteiger partial charge in [-0.05, 0) is 36.8 Å². The molecule has 21 heavy (non-hydrogen) atoms. The van der Waals surface area contributed by atoms with Crippen LogP contribution >= 0.6 is 12.2 Å². The average Bonchev–Trinajstić information content (AvgIpc) is 2.47. The Morgan fingerprint density at radius 3 is 2.67 bits per heavy atom. The maximum Gasteiger partial charge on any atom is 0.251 e. The van der Waals surface area contributed by atoms with Crippen LogP contribution in [0.5, 0.6) is 0 Å². The van der Waals surface area contributed by atoms with Gasteiger partial charge in [0.1, 0.15) is 0 Å². The molecular formula is C15H21N3O2S. The molecule has 0 spiro atoms. The summed E-state index contributed by atoms with van der Waals surface area (Å²) in [5.74, 6) is -0.267. The lowest BCUT2D eigenvalue weighted by Gasteiger charge is -2.10. The van der Waals surface area contributed by atoms with Gasteiger partial charge in [-0.15, -0.1) is 0 Å². The lowest BCUT2D eigenvalue weighted by atomic mass is 10.2. The average molecular weight is 307 g/mol. The lowest BCUT2D eigenvalue weighted by molar-refractivity contribution is -0.119. The highest BCUT2D eigenvalue weighted by atomic mass is 32.1. The largest absolute Gasteiger partial charge is 0.352 e. The van der Waals surface area contributed by atoms with E-state index in [1.165, 1.54) is 0 Å². The molecule has 0 atom stereocenters. The molecule has 0 radical (unpaired) electrons. The summed E-state index contributed by atoms with van der Waals surface area (Å²) in [6, 6.07) is 6.99. The number of unbranched alkanes of at least 4 members (excludes halogenated alkanes) is 1. The van der Waals surface area contributed by atoms with Gasteiger partial charge in [-0.3, -0.25) is 9.59 Å². The van der Waals surface area contributed by atoms with Gasteiger partial charge in [-0.25, -0.2) is 0 Å². The van der Waals surface area contributed by atoms with E-state index in [1.54, 1.807) is 31.2 Å². The van der Waals surface area contributed by atoms with Gasteiger partial charge in [0.05, 0.1) is 0 Å². The Morgan fingerprint density at radius 2 is 2.00 bits per heavy atom. The third-order valence-corrected chi connectivity index (χ3v) is 2.98. The number of carbonyl (C=O) groups is 2. The van der Waals surface area contributed by atoms with Crippen LogP contribution in [0.1, 0.15) is 43.5 Å². The number of hydrogen-bond donors (Lipinski definition) is 3. The van der Waals surface area contributed by atoms with Gasteiger partial charge < -0.3 is 16.0 Å². The second-order valence-corrected chi connectivity index (χ2v) is 4.95. The summed E-state index contributed by atoms with van der Waals surface area (Å²) < 4.78 is 0. The Kier molecular flexibility index (Phi) is 7.39. The molecule has 0 heterocycles. The zero-order valence-electron chi connectivity index (χ0n) is 12.4. The molecule has 1 rings (SSSR count). The molecular weight excluding hydrogens is 286 g/mol. The minimum absolute atomic E-state index is 0.115. The van der Waals surface area contributed by atoms with Crippen molar-refractivity contribution in [2.75, 3.05) is 11.9 Å². The van der Waals surface area contributed by atoms with Crippen LogP contribution < -0.4 is 16.0 Å². The van der Waals surface area contributed by atoms with E-state index < -0.39 is 0 Å². The fourth-order valence-corrected chi connectivity index (χ4v) is 1.83. The smallest absolute Gasteiger partial charge is 0.251 e. The van der Waals surface area contributed by atoms with Crippen molar-refractivity contribution in [2.24, 2.45) is 0 Å². The van der Waals surface area contributed by atoms with Gasteiger partial charge in [0.2, 0.25) is 5.91 Å². The predicted octanol–water partition coefficient (Wildman–Crippen LogP) is 2.44. The van der Waals surface area contributed by atoms with Crippen LogP contribution in [-0.4, -0.2) is 23.5 Å². The molecule has 0 bridgehead atoms. The van der Waals surface area contributed by atoms with E-state index in [9.17, 15) is 9.59 Å². The van der Waals surface area contributed by atoms with Crippen molar-refractivity contribution in [1.29, 1.82) is 0 Å². The first-order valence-electron chi connectivity index (χ1n) is 7.06. The van der Waals surface area contributed by atoms with Gasteiger partial charge in [0.15, 0.2) is 5.11 Å². The Labute approximate surface area is 130 Å². The molecule has 0 aliphatic carbocycles. The van der Waals surface area contributed by atoms with Crippen molar-refractivity contribution in [2.45, 2.75) is 33.1 Å². The van der Waals surface area contributed by atoms with Gasteiger partial charge in [0, 0.05) is 24.2 Å². The second-order valence-electron chi connectivity index (χ2n) is 4.55. The van der Waals surface area contributed by atoms with Gasteiger partial charge in [0.25, 0.3) is 5.91 Å². The monoisotopic (exact) mass is 307 g/mol. The second kappa shape index (κ2) is 9.07. The van der Waals surface area contributed by atoms with Crippen molar-refractivity contribution in [3.05, 3.63) is 29.8 Å². The first-order valence-corrected chi connectivity index (χ1v) is 7.46. The van der Waals surface area contributed by atoms with Crippen LogP contribution in [-0.2, 0) is 4.79 Å². The minimum Gasteiger partial charge on any atom is -0.352 e. The lowest BCUT2D eigenvalue weighted by Crippen LogP contribution is -2.33. The fraction of sp³-hybridized carbons (Fsp3) is 0.400. The highest BCUT2D eigenvalue weighted by Gasteiger charge is 2.07. The predicted molar refractivity (Wildman–Crippen MR) is 88.3 cm³/mol. The molecule has 1 aromatic rings. The van der Waals surface area contributed by atoms with Gasteiger partial charge in [-0.1, -0.05) is 26.3 Å². The topological polar surface area (TPSA) is 70.2 Å². The quantitative estimate of drug-likeness (QED) is 0.558. The summed E-state index contributed by atoms with van der Waals surface area (Å²) in [6.07, 6.45) is 2.35. The van der Waals surface area contributed by atoms with Crippen LogP contribution in [0.2, 0.25) is 0 Å². The number of amides is 2. The highest BCUT2D eigenvalue weighted by Crippen LogP contribution is 2.10. The molecule has 0 saturated heterocycles. The van der Waals surface area contributed by atoms with E-state index in [4.69, 9.17) is 12.2 Å². The molecule has 0 aromatic heterocycles. The summed E-state index contributed by atoms with van der Waals surface area (Å²) in [5, 5.41) is 8.52. The summed E-state index contributed by atoms with van der Waals surface area (Å²) in [6.45, 7) is 4.49. The molecule has 0 aliphatic heterocycles. The van der Waals surface area contributed by atoms with Crippen LogP contribution in [0.3, 0.4) is 0 Å². The zero-order valence-corrected chi connectivity index (χ0v) is 13.2. The van der Waals surface area contributed by atoms with E-state index in [0.29, 0.717) is 24.2 Å². The Bertz CT molecular complexity index is 517. The fourth-order valence-electron chi connectivity index (χ4n) is 1.60. The van der Waals surface area contributed by atoms with Gasteiger partial charge >= 0.3 is 0 Å². The summed E-state index contributed by atoms with van der Waals surface area (Å²) in [4.78, 5) is 23.2. The summed E-state index contributed by atoms with van der Waals surface area (Å²) in [7, 11) is 0. The summed E-state index contributed by atoms with van der Waals surface area (Å²) in [5.41, 5.74) is 1.22. The Morgan fingerprint density at radius 1 is 1.24 bits per heavy atom. The van der Waals surface area contributed by atoms with Crippen LogP contribution in [0.4, 0.5) is 5.69 Å². The molecule has 0 fully saturated rings. The maximum absolute atomic E-state index is 11.9. The third-order valence-electron chi connectivity index (χ3n) is 2.77. The first kappa shape index (κ1) is 17.1. The molecule has 0 saturated carbocycles. The highest BCUT2D eigenvalue weighted by molar-refractivity contribution is 7.80. The van der Waals surface area contributed by atoms with E-state index in [0.717, 1.165) is 12.8 Å². The van der Waals surface area contributed by atoms with Crippen molar-refractivity contribution >= 4 is 34.8 Å². The Balaban J connectivity index is 2.61. The van der Waals surface area contributed by atoms with Gasteiger partial charge in [-0.2, -0.15) is 0 Å². The van der Waals surface area contributed by atoms with E-state index in [2.05, 4.69) is 22.9 Å². The van der Waals surface area contributed by atoms with Crippen molar-refractivity contribution < 1.29 is 9.59 Å². The number of nitrogens with one attached hydrogen (secondary N) is 3. The van der Waals surface area contributed by atoms with E-state index in [1.807, 2.05) is 0 Å². The molecule has 2 amide bonds. The van der Waals surface area contributed by atoms with Crippen molar-refractivity contribution in [1.82, 2.24) is 10.6 Å². The third kappa shape index (κ3) is 6.35. The van der Waals surface area contributed by atoms with Crippen LogP contribution in [0.25, 0.3) is 0 Å². The molecule has 0 aliphatic rings. The van der Waals surface area contributed by atoms with Crippen LogP contribution in [0, 0.1) is 0 Å².